The first kappa shape index (κ1) is 12.5. The molecule has 0 atom stereocenters. The standard InChI is InChI=1S/C15H18FNO2/c16-12-5-6-14(19-9-11-3-4-11)13(8-12)17-15(18)7-10-1-2-10/h5-6,8,10-11H,1-4,7,9H2,(H,17,18). The molecule has 19 heavy (non-hydrogen) atoms. The van der Waals surface area contributed by atoms with Gasteiger partial charge in [0.1, 0.15) is 11.6 Å². The van der Waals surface area contributed by atoms with Crippen LogP contribution in [-0.2, 0) is 4.79 Å². The summed E-state index contributed by atoms with van der Waals surface area (Å²) in [6, 6.07) is 4.27. The third kappa shape index (κ3) is 3.69. The third-order valence-corrected chi connectivity index (χ3v) is 3.56. The summed E-state index contributed by atoms with van der Waals surface area (Å²) in [5.41, 5.74) is 0.450. The number of hydrogen-bond acceptors (Lipinski definition) is 2. The number of benzene rings is 1. The minimum absolute atomic E-state index is 0.0515. The molecule has 4 heteroatoms. The van der Waals surface area contributed by atoms with Crippen molar-refractivity contribution < 1.29 is 13.9 Å². The van der Waals surface area contributed by atoms with Gasteiger partial charge in [-0.2, -0.15) is 0 Å². The van der Waals surface area contributed by atoms with Crippen molar-refractivity contribution in [2.24, 2.45) is 11.8 Å². The predicted octanol–water partition coefficient (Wildman–Crippen LogP) is 3.35. The van der Waals surface area contributed by atoms with E-state index in [1.807, 2.05) is 0 Å². The Morgan fingerprint density at radius 2 is 2.00 bits per heavy atom. The van der Waals surface area contributed by atoms with E-state index in [1.54, 1.807) is 6.07 Å². The maximum atomic E-state index is 13.3. The van der Waals surface area contributed by atoms with E-state index < -0.39 is 0 Å². The summed E-state index contributed by atoms with van der Waals surface area (Å²) in [7, 11) is 0. The van der Waals surface area contributed by atoms with Crippen LogP contribution in [0.5, 0.6) is 5.75 Å². The molecule has 1 aromatic carbocycles. The number of carbonyl (C=O) groups excluding carboxylic acids is 1. The Labute approximate surface area is 112 Å². The van der Waals surface area contributed by atoms with Gasteiger partial charge in [-0.1, -0.05) is 0 Å². The first-order valence-corrected chi connectivity index (χ1v) is 6.93. The second-order valence-corrected chi connectivity index (χ2v) is 5.59. The van der Waals surface area contributed by atoms with Gasteiger partial charge in [0.2, 0.25) is 5.91 Å². The van der Waals surface area contributed by atoms with Gasteiger partial charge in [0, 0.05) is 12.5 Å². The Hall–Kier alpha value is -1.58. The van der Waals surface area contributed by atoms with Crippen LogP contribution in [-0.4, -0.2) is 12.5 Å². The van der Waals surface area contributed by atoms with Crippen LogP contribution in [0.25, 0.3) is 0 Å². The van der Waals surface area contributed by atoms with Crippen LogP contribution in [0, 0.1) is 17.7 Å². The summed E-state index contributed by atoms with van der Waals surface area (Å²) in [5, 5.41) is 2.76. The topological polar surface area (TPSA) is 38.3 Å². The third-order valence-electron chi connectivity index (χ3n) is 3.56. The molecule has 0 aliphatic heterocycles. The van der Waals surface area contributed by atoms with Crippen LogP contribution in [0.1, 0.15) is 32.1 Å². The molecular formula is C15H18FNO2. The second kappa shape index (κ2) is 5.19. The smallest absolute Gasteiger partial charge is 0.224 e. The highest BCUT2D eigenvalue weighted by Crippen LogP contribution is 2.34. The lowest BCUT2D eigenvalue weighted by molar-refractivity contribution is -0.116. The Balaban J connectivity index is 1.65. The highest BCUT2D eigenvalue weighted by molar-refractivity contribution is 5.92. The van der Waals surface area contributed by atoms with Gasteiger partial charge in [-0.3, -0.25) is 4.79 Å². The number of amides is 1. The first-order valence-electron chi connectivity index (χ1n) is 6.93. The van der Waals surface area contributed by atoms with Crippen LogP contribution in [0.2, 0.25) is 0 Å². The molecule has 2 fully saturated rings. The van der Waals surface area contributed by atoms with Gasteiger partial charge in [0.05, 0.1) is 12.3 Å². The molecule has 0 unspecified atom stereocenters. The van der Waals surface area contributed by atoms with Crippen molar-refractivity contribution in [3.8, 4) is 5.75 Å². The molecular weight excluding hydrogens is 245 g/mol. The van der Waals surface area contributed by atoms with E-state index in [1.165, 1.54) is 25.0 Å². The number of nitrogens with one attached hydrogen (secondary N) is 1. The van der Waals surface area contributed by atoms with Gasteiger partial charge >= 0.3 is 0 Å². The zero-order valence-corrected chi connectivity index (χ0v) is 10.8. The number of anilines is 1. The van der Waals surface area contributed by atoms with Crippen molar-refractivity contribution in [1.29, 1.82) is 0 Å². The van der Waals surface area contributed by atoms with E-state index in [4.69, 9.17) is 4.74 Å². The van der Waals surface area contributed by atoms with Gasteiger partial charge in [-0.15, -0.1) is 0 Å². The molecule has 2 aliphatic rings. The lowest BCUT2D eigenvalue weighted by Gasteiger charge is -2.12. The Bertz CT molecular complexity index is 481. The monoisotopic (exact) mass is 263 g/mol. The molecule has 102 valence electrons. The van der Waals surface area contributed by atoms with Gasteiger partial charge < -0.3 is 10.1 Å². The van der Waals surface area contributed by atoms with E-state index in [2.05, 4.69) is 5.32 Å². The SMILES string of the molecule is O=C(CC1CC1)Nc1cc(F)ccc1OCC1CC1. The molecule has 0 bridgehead atoms. The summed E-state index contributed by atoms with van der Waals surface area (Å²) >= 11 is 0. The number of carbonyl (C=O) groups is 1. The van der Waals surface area contributed by atoms with Gasteiger partial charge in [-0.05, 0) is 49.7 Å². The Morgan fingerprint density at radius 3 is 2.68 bits per heavy atom. The highest BCUT2D eigenvalue weighted by Gasteiger charge is 2.25. The van der Waals surface area contributed by atoms with Crippen molar-refractivity contribution >= 4 is 11.6 Å². The second-order valence-electron chi connectivity index (χ2n) is 5.59. The van der Waals surface area contributed by atoms with E-state index in [9.17, 15) is 9.18 Å². The number of halogens is 1. The largest absolute Gasteiger partial charge is 0.491 e. The summed E-state index contributed by atoms with van der Waals surface area (Å²) in [6.07, 6.45) is 5.18. The average Bonchev–Trinajstić information content (AvgIpc) is 3.22. The highest BCUT2D eigenvalue weighted by atomic mass is 19.1. The number of rotatable bonds is 6. The minimum atomic E-state index is -0.361. The zero-order chi connectivity index (χ0) is 13.2. The fourth-order valence-corrected chi connectivity index (χ4v) is 2.00. The lowest BCUT2D eigenvalue weighted by Crippen LogP contribution is -2.13. The van der Waals surface area contributed by atoms with Gasteiger partial charge in [-0.25, -0.2) is 4.39 Å². The maximum Gasteiger partial charge on any atom is 0.224 e. The molecule has 1 N–H and O–H groups in total. The van der Waals surface area contributed by atoms with Crippen LogP contribution < -0.4 is 10.1 Å². The van der Waals surface area contributed by atoms with Crippen LogP contribution in [0.15, 0.2) is 18.2 Å². The van der Waals surface area contributed by atoms with Crippen LogP contribution in [0.4, 0.5) is 10.1 Å². The van der Waals surface area contributed by atoms with E-state index in [-0.39, 0.29) is 11.7 Å². The molecule has 0 heterocycles. The molecule has 2 aliphatic carbocycles. The lowest BCUT2D eigenvalue weighted by atomic mass is 10.2. The van der Waals surface area contributed by atoms with Crippen molar-refractivity contribution in [2.45, 2.75) is 32.1 Å². The minimum Gasteiger partial charge on any atom is -0.491 e. The van der Waals surface area contributed by atoms with Crippen molar-refractivity contribution in [3.63, 3.8) is 0 Å². The normalized spacial score (nSPS) is 18.2. The van der Waals surface area contributed by atoms with Crippen LogP contribution >= 0.6 is 0 Å². The average molecular weight is 263 g/mol. The fraction of sp³-hybridized carbons (Fsp3) is 0.533. The molecule has 0 saturated heterocycles. The first-order chi connectivity index (χ1) is 9.20. The maximum absolute atomic E-state index is 13.3. The quantitative estimate of drug-likeness (QED) is 0.854. The molecule has 1 aromatic rings. The van der Waals surface area contributed by atoms with Gasteiger partial charge in [0.15, 0.2) is 0 Å². The van der Waals surface area contributed by atoms with Crippen molar-refractivity contribution in [1.82, 2.24) is 0 Å². The van der Waals surface area contributed by atoms with Crippen LogP contribution in [0.3, 0.4) is 0 Å². The Morgan fingerprint density at radius 1 is 1.26 bits per heavy atom. The molecule has 2 saturated carbocycles. The Kier molecular flexibility index (Phi) is 3.40. The van der Waals surface area contributed by atoms with E-state index in [0.29, 0.717) is 36.3 Å². The molecule has 0 aromatic heterocycles. The van der Waals surface area contributed by atoms with Crippen molar-refractivity contribution in [2.75, 3.05) is 11.9 Å². The summed E-state index contributed by atoms with van der Waals surface area (Å²) in [4.78, 5) is 11.8. The predicted molar refractivity (Wildman–Crippen MR) is 70.6 cm³/mol. The summed E-state index contributed by atoms with van der Waals surface area (Å²) < 4.78 is 18.9. The zero-order valence-electron chi connectivity index (χ0n) is 10.8. The number of hydrogen-bond donors (Lipinski definition) is 1. The van der Waals surface area contributed by atoms with Crippen molar-refractivity contribution in [3.05, 3.63) is 24.0 Å². The number of ether oxygens (including phenoxy) is 1. The molecule has 3 rings (SSSR count). The molecule has 3 nitrogen and oxygen atoms in total. The molecule has 0 spiro atoms. The molecule has 1 amide bonds. The van der Waals surface area contributed by atoms with E-state index in [0.717, 1.165) is 12.8 Å². The fourth-order valence-electron chi connectivity index (χ4n) is 2.00. The molecule has 0 radical (unpaired) electrons. The van der Waals surface area contributed by atoms with E-state index >= 15 is 0 Å². The van der Waals surface area contributed by atoms with Gasteiger partial charge in [0.25, 0.3) is 0 Å². The summed E-state index contributed by atoms with van der Waals surface area (Å²) in [5.74, 6) is 1.30. The summed E-state index contributed by atoms with van der Waals surface area (Å²) in [6.45, 7) is 0.650.